The minimum atomic E-state index is 0.959. The van der Waals surface area contributed by atoms with E-state index < -0.39 is 0 Å². The van der Waals surface area contributed by atoms with Crippen molar-refractivity contribution < 1.29 is 0 Å². The van der Waals surface area contributed by atoms with Crippen LogP contribution < -0.4 is 10.2 Å². The van der Waals surface area contributed by atoms with Gasteiger partial charge >= 0.3 is 0 Å². The van der Waals surface area contributed by atoms with E-state index in [-0.39, 0.29) is 0 Å². The lowest BCUT2D eigenvalue weighted by Crippen LogP contribution is -2.46. The molecule has 1 saturated heterocycles. The van der Waals surface area contributed by atoms with Crippen LogP contribution in [0.25, 0.3) is 0 Å². The van der Waals surface area contributed by atoms with Crippen molar-refractivity contribution in [3.63, 3.8) is 0 Å². The second-order valence-electron chi connectivity index (χ2n) is 4.67. The molecule has 16 heavy (non-hydrogen) atoms. The first-order valence-electron chi connectivity index (χ1n) is 6.03. The lowest BCUT2D eigenvalue weighted by Gasteiger charge is -2.34. The number of nitrogens with one attached hydrogen (secondary N) is 1. The molecule has 0 saturated carbocycles. The van der Waals surface area contributed by atoms with E-state index in [0.717, 1.165) is 45.8 Å². The van der Waals surface area contributed by atoms with Gasteiger partial charge in [0.15, 0.2) is 0 Å². The molecule has 5 heteroatoms. The maximum atomic E-state index is 4.58. The molecule has 5 nitrogen and oxygen atoms in total. The van der Waals surface area contributed by atoms with Gasteiger partial charge < -0.3 is 19.7 Å². The molecule has 2 aliphatic rings. The fourth-order valence-electron chi connectivity index (χ4n) is 2.45. The van der Waals surface area contributed by atoms with Crippen LogP contribution in [0.3, 0.4) is 0 Å². The number of piperazine rings is 1. The van der Waals surface area contributed by atoms with Crippen molar-refractivity contribution in [1.82, 2.24) is 19.8 Å². The Bertz CT molecular complexity index is 364. The summed E-state index contributed by atoms with van der Waals surface area (Å²) in [6.07, 6.45) is 2.01. The van der Waals surface area contributed by atoms with Crippen molar-refractivity contribution in [3.05, 3.63) is 11.9 Å². The average molecular weight is 221 g/mol. The summed E-state index contributed by atoms with van der Waals surface area (Å²) in [5.41, 5.74) is 1.32. The Morgan fingerprint density at radius 3 is 2.81 bits per heavy atom. The molecular weight excluding hydrogens is 202 g/mol. The molecule has 1 N–H and O–H groups in total. The molecule has 0 spiro atoms. The molecule has 3 rings (SSSR count). The molecule has 1 aromatic rings. The van der Waals surface area contributed by atoms with Crippen molar-refractivity contribution in [1.29, 1.82) is 0 Å². The SMILES string of the molecule is CN1CCN(c2ncc3n2CCNC3)CC1. The highest BCUT2D eigenvalue weighted by Gasteiger charge is 2.21. The lowest BCUT2D eigenvalue weighted by atomic mass is 10.3. The summed E-state index contributed by atoms with van der Waals surface area (Å²) in [5, 5.41) is 3.38. The molecule has 2 aliphatic heterocycles. The molecule has 0 bridgehead atoms. The lowest BCUT2D eigenvalue weighted by molar-refractivity contribution is 0.309. The standard InChI is InChI=1S/C11H19N5/c1-14-4-6-15(7-5-14)11-13-9-10-8-12-2-3-16(10)11/h9,12H,2-8H2,1H3. The summed E-state index contributed by atoms with van der Waals surface area (Å²) in [5.74, 6) is 1.17. The number of nitrogens with zero attached hydrogens (tertiary/aromatic N) is 4. The maximum Gasteiger partial charge on any atom is 0.205 e. The Morgan fingerprint density at radius 1 is 1.19 bits per heavy atom. The molecule has 1 aromatic heterocycles. The minimum Gasteiger partial charge on any atom is -0.340 e. The highest BCUT2D eigenvalue weighted by molar-refractivity contribution is 5.35. The summed E-state index contributed by atoms with van der Waals surface area (Å²) < 4.78 is 2.36. The Hall–Kier alpha value is -1.07. The minimum absolute atomic E-state index is 0.959. The number of imidazole rings is 1. The fraction of sp³-hybridized carbons (Fsp3) is 0.727. The molecule has 1 fully saturated rings. The maximum absolute atomic E-state index is 4.58. The van der Waals surface area contributed by atoms with Crippen molar-refractivity contribution >= 4 is 5.95 Å². The third-order valence-corrected chi connectivity index (χ3v) is 3.52. The van der Waals surface area contributed by atoms with E-state index in [4.69, 9.17) is 0 Å². The molecular formula is C11H19N5. The first-order chi connectivity index (χ1) is 7.84. The van der Waals surface area contributed by atoms with Gasteiger partial charge in [-0.05, 0) is 7.05 Å². The van der Waals surface area contributed by atoms with E-state index in [9.17, 15) is 0 Å². The van der Waals surface area contributed by atoms with Crippen molar-refractivity contribution in [2.75, 3.05) is 44.7 Å². The van der Waals surface area contributed by atoms with Crippen molar-refractivity contribution in [2.24, 2.45) is 0 Å². The summed E-state index contributed by atoms with van der Waals surface area (Å²) in [6.45, 7) is 7.55. The normalized spacial score (nSPS) is 22.2. The van der Waals surface area contributed by atoms with Crippen LogP contribution in [0.2, 0.25) is 0 Å². The van der Waals surface area contributed by atoms with E-state index in [1.165, 1.54) is 11.6 Å². The molecule has 0 amide bonds. The first-order valence-corrected chi connectivity index (χ1v) is 6.03. The third kappa shape index (κ3) is 1.70. The van der Waals surface area contributed by atoms with Crippen LogP contribution in [0, 0.1) is 0 Å². The molecule has 0 atom stereocenters. The Kier molecular flexibility index (Phi) is 2.57. The first kappa shape index (κ1) is 10.1. The number of aromatic nitrogens is 2. The van der Waals surface area contributed by atoms with E-state index in [0.29, 0.717) is 0 Å². The van der Waals surface area contributed by atoms with Gasteiger partial charge in [0.25, 0.3) is 0 Å². The highest BCUT2D eigenvalue weighted by Crippen LogP contribution is 2.18. The second-order valence-corrected chi connectivity index (χ2v) is 4.67. The topological polar surface area (TPSA) is 36.3 Å². The van der Waals surface area contributed by atoms with E-state index >= 15 is 0 Å². The van der Waals surface area contributed by atoms with E-state index in [1.54, 1.807) is 0 Å². The number of anilines is 1. The largest absolute Gasteiger partial charge is 0.340 e. The Balaban J connectivity index is 1.81. The van der Waals surface area contributed by atoms with Crippen molar-refractivity contribution in [3.8, 4) is 0 Å². The van der Waals surface area contributed by atoms with Gasteiger partial charge in [0.1, 0.15) is 0 Å². The summed E-state index contributed by atoms with van der Waals surface area (Å²) in [6, 6.07) is 0. The van der Waals surface area contributed by atoms with Gasteiger partial charge in [0.2, 0.25) is 5.95 Å². The molecule has 0 radical (unpaired) electrons. The predicted octanol–water partition coefficient (Wildman–Crippen LogP) is -0.262. The number of hydrogen-bond acceptors (Lipinski definition) is 4. The number of hydrogen-bond donors (Lipinski definition) is 1. The van der Waals surface area contributed by atoms with Crippen molar-refractivity contribution in [2.45, 2.75) is 13.1 Å². The van der Waals surface area contributed by atoms with E-state index in [2.05, 4.69) is 31.7 Å². The van der Waals surface area contributed by atoms with E-state index in [1.807, 2.05) is 6.20 Å². The van der Waals surface area contributed by atoms with Crippen LogP contribution in [0.4, 0.5) is 5.95 Å². The zero-order chi connectivity index (χ0) is 11.0. The monoisotopic (exact) mass is 221 g/mol. The summed E-state index contributed by atoms with van der Waals surface area (Å²) >= 11 is 0. The zero-order valence-electron chi connectivity index (χ0n) is 9.82. The quantitative estimate of drug-likeness (QED) is 0.709. The number of fused-ring (bicyclic) bond motifs is 1. The molecule has 3 heterocycles. The molecule has 0 aromatic carbocycles. The predicted molar refractivity (Wildman–Crippen MR) is 63.6 cm³/mol. The Morgan fingerprint density at radius 2 is 2.00 bits per heavy atom. The van der Waals surface area contributed by atoms with Gasteiger partial charge in [-0.15, -0.1) is 0 Å². The van der Waals surface area contributed by atoms with Crippen LogP contribution >= 0.6 is 0 Å². The third-order valence-electron chi connectivity index (χ3n) is 3.52. The molecule has 88 valence electrons. The van der Waals surface area contributed by atoms with Crippen LogP contribution in [-0.2, 0) is 13.1 Å². The summed E-state index contributed by atoms with van der Waals surface area (Å²) in [7, 11) is 2.18. The van der Waals surface area contributed by atoms with Gasteiger partial charge in [-0.25, -0.2) is 4.98 Å². The number of likely N-dealkylation sites (N-methyl/N-ethyl adjacent to an activating group) is 1. The smallest absolute Gasteiger partial charge is 0.205 e. The van der Waals surface area contributed by atoms with Gasteiger partial charge in [0.05, 0.1) is 11.9 Å². The van der Waals surface area contributed by atoms with Gasteiger partial charge in [0, 0.05) is 45.8 Å². The fourth-order valence-corrected chi connectivity index (χ4v) is 2.45. The number of rotatable bonds is 1. The van der Waals surface area contributed by atoms with Crippen LogP contribution in [0.15, 0.2) is 6.20 Å². The average Bonchev–Trinajstić information content (AvgIpc) is 2.74. The van der Waals surface area contributed by atoms with Crippen LogP contribution in [0.1, 0.15) is 5.69 Å². The van der Waals surface area contributed by atoms with Gasteiger partial charge in [-0.2, -0.15) is 0 Å². The molecule has 0 aliphatic carbocycles. The Labute approximate surface area is 96.0 Å². The zero-order valence-corrected chi connectivity index (χ0v) is 9.82. The van der Waals surface area contributed by atoms with Crippen LogP contribution in [0.5, 0.6) is 0 Å². The molecule has 0 unspecified atom stereocenters. The second kappa shape index (κ2) is 4.07. The van der Waals surface area contributed by atoms with Gasteiger partial charge in [-0.1, -0.05) is 0 Å². The van der Waals surface area contributed by atoms with Crippen LogP contribution in [-0.4, -0.2) is 54.2 Å². The summed E-state index contributed by atoms with van der Waals surface area (Å²) in [4.78, 5) is 9.36. The highest BCUT2D eigenvalue weighted by atomic mass is 15.4. The van der Waals surface area contributed by atoms with Gasteiger partial charge in [-0.3, -0.25) is 0 Å².